The van der Waals surface area contributed by atoms with Gasteiger partial charge in [0.2, 0.25) is 0 Å². The summed E-state index contributed by atoms with van der Waals surface area (Å²) < 4.78 is 0. The molecule has 92 valence electrons. The van der Waals surface area contributed by atoms with Crippen LogP contribution in [0.25, 0.3) is 0 Å². The van der Waals surface area contributed by atoms with E-state index in [1.54, 1.807) is 25.4 Å². The highest BCUT2D eigenvalue weighted by atomic mass is 16.1. The molecular weight excluding hydrogens is 214 g/mol. The smallest absolute Gasteiger partial charge is 0.252 e. The first-order valence-electron chi connectivity index (χ1n) is 5.95. The van der Waals surface area contributed by atoms with E-state index in [9.17, 15) is 4.79 Å². The lowest BCUT2D eigenvalue weighted by molar-refractivity contribution is 0.0950. The summed E-state index contributed by atoms with van der Waals surface area (Å²) in [5.74, 6) is 1.35. The molecule has 1 aliphatic carbocycles. The SMILES string of the molecule is CNc1ccc(C(=O)NCC2CC2(C)C)cn1. The van der Waals surface area contributed by atoms with Gasteiger partial charge in [-0.2, -0.15) is 0 Å². The van der Waals surface area contributed by atoms with Gasteiger partial charge >= 0.3 is 0 Å². The second-order valence-corrected chi connectivity index (χ2v) is 5.28. The quantitative estimate of drug-likeness (QED) is 0.835. The zero-order chi connectivity index (χ0) is 12.5. The van der Waals surface area contributed by atoms with Gasteiger partial charge in [0.05, 0.1) is 5.56 Å². The van der Waals surface area contributed by atoms with Crippen LogP contribution in [0.4, 0.5) is 5.82 Å². The fraction of sp³-hybridized carbons (Fsp3) is 0.538. The van der Waals surface area contributed by atoms with Crippen LogP contribution in [-0.2, 0) is 0 Å². The van der Waals surface area contributed by atoms with Crippen LogP contribution in [-0.4, -0.2) is 24.5 Å². The maximum Gasteiger partial charge on any atom is 0.252 e. The third kappa shape index (κ3) is 2.75. The summed E-state index contributed by atoms with van der Waals surface area (Å²) in [4.78, 5) is 15.9. The lowest BCUT2D eigenvalue weighted by Crippen LogP contribution is -2.26. The number of nitrogens with zero attached hydrogens (tertiary/aromatic N) is 1. The Labute approximate surface area is 102 Å². The van der Waals surface area contributed by atoms with E-state index in [0.717, 1.165) is 12.4 Å². The predicted octanol–water partition coefficient (Wildman–Crippen LogP) is 1.90. The zero-order valence-electron chi connectivity index (χ0n) is 10.6. The molecule has 0 saturated heterocycles. The Kier molecular flexibility index (Phi) is 3.05. The number of amides is 1. The number of rotatable bonds is 4. The Balaban J connectivity index is 1.87. The Bertz CT molecular complexity index is 411. The number of nitrogens with one attached hydrogen (secondary N) is 2. The van der Waals surface area contributed by atoms with Crippen LogP contribution in [0.2, 0.25) is 0 Å². The summed E-state index contributed by atoms with van der Waals surface area (Å²) in [5, 5.41) is 5.88. The second kappa shape index (κ2) is 4.35. The first-order chi connectivity index (χ1) is 8.03. The first-order valence-corrected chi connectivity index (χ1v) is 5.95. The molecular formula is C13H19N3O. The van der Waals surface area contributed by atoms with E-state index < -0.39 is 0 Å². The van der Waals surface area contributed by atoms with Gasteiger partial charge in [-0.05, 0) is 29.9 Å². The molecule has 4 heteroatoms. The highest BCUT2D eigenvalue weighted by Crippen LogP contribution is 2.50. The molecule has 4 nitrogen and oxygen atoms in total. The topological polar surface area (TPSA) is 54.0 Å². The summed E-state index contributed by atoms with van der Waals surface area (Å²) in [6.07, 6.45) is 2.80. The number of hydrogen-bond donors (Lipinski definition) is 2. The van der Waals surface area contributed by atoms with Crippen molar-refractivity contribution < 1.29 is 4.79 Å². The molecule has 0 aliphatic heterocycles. The fourth-order valence-electron chi connectivity index (χ4n) is 1.92. The van der Waals surface area contributed by atoms with Crippen LogP contribution < -0.4 is 10.6 Å². The predicted molar refractivity (Wildman–Crippen MR) is 68.0 cm³/mol. The maximum absolute atomic E-state index is 11.8. The molecule has 1 amide bonds. The molecule has 0 bridgehead atoms. The minimum atomic E-state index is -0.0390. The van der Waals surface area contributed by atoms with Gasteiger partial charge in [0.1, 0.15) is 5.82 Å². The van der Waals surface area contributed by atoms with Crippen molar-refractivity contribution >= 4 is 11.7 Å². The lowest BCUT2D eigenvalue weighted by Gasteiger charge is -2.06. The Morgan fingerprint density at radius 3 is 2.71 bits per heavy atom. The summed E-state index contributed by atoms with van der Waals surface area (Å²) in [6.45, 7) is 5.22. The molecule has 1 aromatic heterocycles. The normalized spacial score (nSPS) is 20.8. The molecule has 2 rings (SSSR count). The summed E-state index contributed by atoms with van der Waals surface area (Å²) in [5.41, 5.74) is 1.02. The van der Waals surface area contributed by atoms with Crippen molar-refractivity contribution in [2.75, 3.05) is 18.9 Å². The van der Waals surface area contributed by atoms with Crippen LogP contribution in [0.15, 0.2) is 18.3 Å². The van der Waals surface area contributed by atoms with E-state index in [-0.39, 0.29) is 5.91 Å². The highest BCUT2D eigenvalue weighted by molar-refractivity contribution is 5.94. The van der Waals surface area contributed by atoms with Crippen molar-refractivity contribution in [3.8, 4) is 0 Å². The molecule has 17 heavy (non-hydrogen) atoms. The summed E-state index contributed by atoms with van der Waals surface area (Å²) in [6, 6.07) is 3.59. The van der Waals surface area contributed by atoms with Crippen molar-refractivity contribution in [3.05, 3.63) is 23.9 Å². The van der Waals surface area contributed by atoms with Crippen molar-refractivity contribution in [2.45, 2.75) is 20.3 Å². The number of carbonyl (C=O) groups is 1. The second-order valence-electron chi connectivity index (χ2n) is 5.28. The monoisotopic (exact) mass is 233 g/mol. The third-order valence-electron chi connectivity index (χ3n) is 3.51. The van der Waals surface area contributed by atoms with Crippen LogP contribution in [0.1, 0.15) is 30.6 Å². The van der Waals surface area contributed by atoms with E-state index in [0.29, 0.717) is 16.9 Å². The Morgan fingerprint density at radius 2 is 2.24 bits per heavy atom. The number of carbonyl (C=O) groups excluding carboxylic acids is 1. The van der Waals surface area contributed by atoms with Gasteiger partial charge < -0.3 is 10.6 Å². The minimum absolute atomic E-state index is 0.0390. The molecule has 1 saturated carbocycles. The number of anilines is 1. The molecule has 1 unspecified atom stereocenters. The van der Waals surface area contributed by atoms with E-state index in [1.165, 1.54) is 6.42 Å². The lowest BCUT2D eigenvalue weighted by atomic mass is 10.1. The Morgan fingerprint density at radius 1 is 1.53 bits per heavy atom. The molecule has 0 radical (unpaired) electrons. The van der Waals surface area contributed by atoms with E-state index >= 15 is 0 Å². The van der Waals surface area contributed by atoms with Gasteiger partial charge in [0.25, 0.3) is 5.91 Å². The Hall–Kier alpha value is -1.58. The van der Waals surface area contributed by atoms with E-state index in [1.807, 2.05) is 0 Å². The number of aromatic nitrogens is 1. The standard InChI is InChI=1S/C13H19N3O/c1-13(2)6-10(13)8-16-12(17)9-4-5-11(14-3)15-7-9/h4-5,7,10H,6,8H2,1-3H3,(H,14,15)(H,16,17). The van der Waals surface area contributed by atoms with Crippen molar-refractivity contribution in [2.24, 2.45) is 11.3 Å². The largest absolute Gasteiger partial charge is 0.373 e. The van der Waals surface area contributed by atoms with Gasteiger partial charge in [-0.25, -0.2) is 4.98 Å². The minimum Gasteiger partial charge on any atom is -0.373 e. The maximum atomic E-state index is 11.8. The molecule has 1 atom stereocenters. The summed E-state index contributed by atoms with van der Waals surface area (Å²) in [7, 11) is 1.80. The molecule has 1 aliphatic rings. The fourth-order valence-corrected chi connectivity index (χ4v) is 1.92. The third-order valence-corrected chi connectivity index (χ3v) is 3.51. The van der Waals surface area contributed by atoms with Crippen molar-refractivity contribution in [1.29, 1.82) is 0 Å². The molecule has 0 spiro atoms. The van der Waals surface area contributed by atoms with Crippen LogP contribution >= 0.6 is 0 Å². The van der Waals surface area contributed by atoms with Gasteiger partial charge in [0, 0.05) is 19.8 Å². The number of pyridine rings is 1. The van der Waals surface area contributed by atoms with Gasteiger partial charge in [-0.15, -0.1) is 0 Å². The average molecular weight is 233 g/mol. The molecule has 1 heterocycles. The van der Waals surface area contributed by atoms with Crippen LogP contribution in [0.5, 0.6) is 0 Å². The molecule has 0 aromatic carbocycles. The molecule has 1 aromatic rings. The van der Waals surface area contributed by atoms with Gasteiger partial charge in [-0.3, -0.25) is 4.79 Å². The van der Waals surface area contributed by atoms with Gasteiger partial charge in [0.15, 0.2) is 0 Å². The zero-order valence-corrected chi connectivity index (χ0v) is 10.6. The van der Waals surface area contributed by atoms with Crippen molar-refractivity contribution in [3.63, 3.8) is 0 Å². The van der Waals surface area contributed by atoms with Crippen LogP contribution in [0.3, 0.4) is 0 Å². The van der Waals surface area contributed by atoms with Gasteiger partial charge in [-0.1, -0.05) is 13.8 Å². The average Bonchev–Trinajstić information content (AvgIpc) is 2.94. The van der Waals surface area contributed by atoms with Crippen LogP contribution in [0, 0.1) is 11.3 Å². The molecule has 2 N–H and O–H groups in total. The highest BCUT2D eigenvalue weighted by Gasteiger charge is 2.45. The van der Waals surface area contributed by atoms with Crippen molar-refractivity contribution in [1.82, 2.24) is 10.3 Å². The van der Waals surface area contributed by atoms with E-state index in [2.05, 4.69) is 29.5 Å². The summed E-state index contributed by atoms with van der Waals surface area (Å²) >= 11 is 0. The first kappa shape index (κ1) is 11.9. The molecule has 1 fully saturated rings. The van der Waals surface area contributed by atoms with E-state index in [4.69, 9.17) is 0 Å². The number of hydrogen-bond acceptors (Lipinski definition) is 3.